The summed E-state index contributed by atoms with van der Waals surface area (Å²) in [5.74, 6) is -0.943. The van der Waals surface area contributed by atoms with Crippen LogP contribution in [0.5, 0.6) is 5.75 Å². The van der Waals surface area contributed by atoms with E-state index in [1.54, 1.807) is 6.07 Å². The first-order valence-electron chi connectivity index (χ1n) is 15.6. The Kier molecular flexibility index (Phi) is 8.24. The van der Waals surface area contributed by atoms with Crippen molar-refractivity contribution >= 4 is 21.5 Å². The second-order valence-corrected chi connectivity index (χ2v) is 14.5. The average molecular weight is 606 g/mol. The van der Waals surface area contributed by atoms with Gasteiger partial charge in [-0.05, 0) is 87.1 Å². The van der Waals surface area contributed by atoms with E-state index in [1.807, 2.05) is 13.0 Å². The lowest BCUT2D eigenvalue weighted by Gasteiger charge is -2.39. The minimum absolute atomic E-state index is 0.0132. The van der Waals surface area contributed by atoms with Crippen LogP contribution in [0.25, 0.3) is 11.1 Å². The van der Waals surface area contributed by atoms with E-state index in [2.05, 4.69) is 30.1 Å². The molecule has 2 fully saturated rings. The average Bonchev–Trinajstić information content (AvgIpc) is 2.95. The smallest absolute Gasteiger partial charge is 0.338 e. The van der Waals surface area contributed by atoms with Gasteiger partial charge in [0.2, 0.25) is 9.84 Å². The Morgan fingerprint density at radius 2 is 1.81 bits per heavy atom. The van der Waals surface area contributed by atoms with E-state index in [4.69, 9.17) is 4.74 Å². The molecule has 6 nitrogen and oxygen atoms in total. The van der Waals surface area contributed by atoms with Crippen LogP contribution in [-0.2, 0) is 9.84 Å². The number of anilines is 1. The number of sulfone groups is 1. The zero-order chi connectivity index (χ0) is 30.3. The van der Waals surface area contributed by atoms with Gasteiger partial charge in [0.05, 0.1) is 22.3 Å². The maximum absolute atomic E-state index is 14.4. The summed E-state index contributed by atoms with van der Waals surface area (Å²) in [6.45, 7) is 4.76. The van der Waals surface area contributed by atoms with Crippen molar-refractivity contribution in [3.05, 3.63) is 76.6 Å². The molecule has 4 aliphatic rings. The van der Waals surface area contributed by atoms with Crippen molar-refractivity contribution in [1.82, 2.24) is 0 Å². The molecule has 0 aromatic heterocycles. The van der Waals surface area contributed by atoms with Gasteiger partial charge in [-0.3, -0.25) is 0 Å². The number of aromatic carboxylic acids is 1. The molecule has 228 valence electrons. The first kappa shape index (κ1) is 29.7. The number of benzene rings is 2. The highest BCUT2D eigenvalue weighted by Gasteiger charge is 2.35. The predicted octanol–water partition coefficient (Wildman–Crippen LogP) is 8.30. The minimum Gasteiger partial charge on any atom is -0.490 e. The van der Waals surface area contributed by atoms with E-state index in [9.17, 15) is 22.7 Å². The molecule has 2 atom stereocenters. The summed E-state index contributed by atoms with van der Waals surface area (Å²) in [5.41, 5.74) is 2.76. The molecule has 1 aliphatic heterocycles. The van der Waals surface area contributed by atoms with Gasteiger partial charge in [-0.25, -0.2) is 17.6 Å². The van der Waals surface area contributed by atoms with Crippen molar-refractivity contribution in [3.8, 4) is 16.9 Å². The van der Waals surface area contributed by atoms with E-state index in [0.29, 0.717) is 40.9 Å². The van der Waals surface area contributed by atoms with Crippen LogP contribution in [0.2, 0.25) is 0 Å². The number of allylic oxidation sites excluding steroid dienone is 3. The fraction of sp³-hybridized carbons (Fsp3) is 0.457. The Hall–Kier alpha value is -3.39. The molecule has 8 heteroatoms. The van der Waals surface area contributed by atoms with Gasteiger partial charge in [-0.15, -0.1) is 0 Å². The van der Waals surface area contributed by atoms with Gasteiger partial charge in [0.1, 0.15) is 11.6 Å². The third-order valence-electron chi connectivity index (χ3n) is 9.60. The Labute approximate surface area is 253 Å². The van der Waals surface area contributed by atoms with Crippen molar-refractivity contribution in [2.24, 2.45) is 17.8 Å². The van der Waals surface area contributed by atoms with Gasteiger partial charge in [-0.2, -0.15) is 0 Å². The maximum Gasteiger partial charge on any atom is 0.338 e. The number of rotatable bonds is 6. The molecule has 2 aromatic carbocycles. The number of nitrogens with zero attached hydrogens (tertiary/aromatic N) is 1. The van der Waals surface area contributed by atoms with Crippen LogP contribution in [0.4, 0.5) is 10.1 Å². The summed E-state index contributed by atoms with van der Waals surface area (Å²) < 4.78 is 49.4. The van der Waals surface area contributed by atoms with Crippen LogP contribution >= 0.6 is 0 Å². The molecule has 6 rings (SSSR count). The third-order valence-corrected chi connectivity index (χ3v) is 11.2. The molecule has 1 heterocycles. The van der Waals surface area contributed by atoms with Crippen LogP contribution in [0.15, 0.2) is 70.1 Å². The van der Waals surface area contributed by atoms with Gasteiger partial charge in [0.25, 0.3) is 0 Å². The van der Waals surface area contributed by atoms with E-state index >= 15 is 0 Å². The summed E-state index contributed by atoms with van der Waals surface area (Å²) in [6.07, 6.45) is 15.9. The van der Waals surface area contributed by atoms with Crippen LogP contribution in [0.3, 0.4) is 0 Å². The largest absolute Gasteiger partial charge is 0.490 e. The highest BCUT2D eigenvalue weighted by atomic mass is 32.2. The van der Waals surface area contributed by atoms with E-state index in [0.717, 1.165) is 68.7 Å². The Morgan fingerprint density at radius 3 is 2.49 bits per heavy atom. The molecule has 0 bridgehead atoms. The normalized spacial score (nSPS) is 25.4. The second-order valence-electron chi connectivity index (χ2n) is 12.7. The molecule has 2 saturated carbocycles. The first-order chi connectivity index (χ1) is 20.6. The zero-order valence-corrected chi connectivity index (χ0v) is 25.7. The lowest BCUT2D eigenvalue weighted by Crippen LogP contribution is -2.36. The zero-order valence-electron chi connectivity index (χ0n) is 24.9. The molecule has 2 aromatic rings. The van der Waals surface area contributed by atoms with E-state index in [-0.39, 0.29) is 16.9 Å². The van der Waals surface area contributed by atoms with Crippen LogP contribution < -0.4 is 9.64 Å². The summed E-state index contributed by atoms with van der Waals surface area (Å²) in [6, 6.07) is 7.28. The number of hydrogen-bond donors (Lipinski definition) is 1. The van der Waals surface area contributed by atoms with Crippen LogP contribution in [0.1, 0.15) is 82.0 Å². The molecule has 1 N–H and O–H groups in total. The summed E-state index contributed by atoms with van der Waals surface area (Å²) >= 11 is 0. The van der Waals surface area contributed by atoms with Crippen molar-refractivity contribution < 1.29 is 27.4 Å². The van der Waals surface area contributed by atoms with Gasteiger partial charge < -0.3 is 14.7 Å². The molecular weight excluding hydrogens is 565 g/mol. The monoisotopic (exact) mass is 605 g/mol. The Bertz CT molecular complexity index is 1610. The molecule has 0 radical (unpaired) electrons. The van der Waals surface area contributed by atoms with Crippen molar-refractivity contribution in [3.63, 3.8) is 0 Å². The van der Waals surface area contributed by atoms with Gasteiger partial charge in [0.15, 0.2) is 0 Å². The van der Waals surface area contributed by atoms with Crippen molar-refractivity contribution in [1.29, 1.82) is 0 Å². The van der Waals surface area contributed by atoms with Gasteiger partial charge >= 0.3 is 5.97 Å². The highest BCUT2D eigenvalue weighted by Crippen LogP contribution is 2.46. The third kappa shape index (κ3) is 6.03. The van der Waals surface area contributed by atoms with Crippen LogP contribution in [0, 0.1) is 23.6 Å². The fourth-order valence-corrected chi connectivity index (χ4v) is 8.51. The lowest BCUT2D eigenvalue weighted by atomic mass is 9.76. The van der Waals surface area contributed by atoms with Crippen molar-refractivity contribution in [2.45, 2.75) is 82.6 Å². The Balaban J connectivity index is 1.58. The fourth-order valence-electron chi connectivity index (χ4n) is 6.97. The van der Waals surface area contributed by atoms with E-state index < -0.39 is 27.2 Å². The standard InChI is InChI=1S/C35H40FNO5S/c1-22-8-6-11-26(16-22)37-20-30(24-9-4-3-5-10-24)23(2)21-43(40,41)34-18-28(25-14-15-31(36)29(17-25)35(38)39)33(19-32(34)37)42-27-12-7-13-27/h6,11,14-19,21-22,24,27,30H,3-5,7-10,12-13,20H2,1-2H3,(H,38,39)/b23-21+/t22?,30-/m1/s1. The lowest BCUT2D eigenvalue weighted by molar-refractivity contribution is 0.0692. The van der Waals surface area contributed by atoms with Crippen LogP contribution in [-0.4, -0.2) is 32.1 Å². The van der Waals surface area contributed by atoms with E-state index in [1.165, 1.54) is 24.0 Å². The number of carboxylic acids is 1. The van der Waals surface area contributed by atoms with Gasteiger partial charge in [-0.1, -0.05) is 50.0 Å². The first-order valence-corrected chi connectivity index (χ1v) is 17.1. The molecule has 1 unspecified atom stereocenters. The summed E-state index contributed by atoms with van der Waals surface area (Å²) in [5, 5.41) is 11.1. The number of halogens is 1. The van der Waals surface area contributed by atoms with Crippen molar-refractivity contribution in [2.75, 3.05) is 11.4 Å². The minimum atomic E-state index is -3.91. The molecule has 0 spiro atoms. The van der Waals surface area contributed by atoms with Gasteiger partial charge in [0, 0.05) is 35.2 Å². The number of hydrogen-bond acceptors (Lipinski definition) is 5. The molecule has 0 amide bonds. The second kappa shape index (κ2) is 11.9. The number of fused-ring (bicyclic) bond motifs is 1. The molecule has 43 heavy (non-hydrogen) atoms. The highest BCUT2D eigenvalue weighted by molar-refractivity contribution is 7.94. The predicted molar refractivity (Wildman–Crippen MR) is 166 cm³/mol. The Morgan fingerprint density at radius 1 is 1.05 bits per heavy atom. The molecule has 3 aliphatic carbocycles. The number of ether oxygens (including phenoxy) is 1. The topological polar surface area (TPSA) is 83.9 Å². The molecular formula is C35H40FNO5S. The number of carbonyl (C=O) groups is 1. The molecule has 0 saturated heterocycles. The summed E-state index contributed by atoms with van der Waals surface area (Å²) in [4.78, 5) is 14.1. The quantitative estimate of drug-likeness (QED) is 0.357. The SMILES string of the molecule is C/C1=C\S(=O)(=O)c2cc(-c3ccc(F)c(C(=O)O)c3)c(OC3CCC3)cc2N(C2=CC(C)CC=C2)C[C@H]1C1CCCCC1. The number of carboxylic acid groups (broad SMARTS) is 1. The summed E-state index contributed by atoms with van der Waals surface area (Å²) in [7, 11) is -3.91. The maximum atomic E-state index is 14.4.